The molecule has 0 fully saturated rings. The van der Waals surface area contributed by atoms with Gasteiger partial charge in [-0.3, -0.25) is 4.79 Å². The molecule has 0 bridgehead atoms. The van der Waals surface area contributed by atoms with Gasteiger partial charge in [-0.05, 0) is 42.4 Å². The molecule has 0 aliphatic heterocycles. The number of amides is 1. The Hall–Kier alpha value is -2.30. The van der Waals surface area contributed by atoms with Crippen molar-refractivity contribution >= 4 is 5.91 Å². The summed E-state index contributed by atoms with van der Waals surface area (Å²) in [4.78, 5) is 16.4. The average Bonchev–Trinajstić information content (AvgIpc) is 3.04. The molecule has 2 N–H and O–H groups in total. The summed E-state index contributed by atoms with van der Waals surface area (Å²) in [5.41, 5.74) is 3.93. The second-order valence-electron chi connectivity index (χ2n) is 7.15. The van der Waals surface area contributed by atoms with Gasteiger partial charge in [0.05, 0.1) is 12.4 Å². The Balaban J connectivity index is 1.92. The van der Waals surface area contributed by atoms with Crippen LogP contribution in [-0.2, 0) is 17.8 Å². The van der Waals surface area contributed by atoms with Crippen molar-refractivity contribution in [1.29, 1.82) is 0 Å². The number of carbonyl (C=O) groups excluding carboxylic acids is 1. The quantitative estimate of drug-likeness (QED) is 0.915. The van der Waals surface area contributed by atoms with Gasteiger partial charge in [0, 0.05) is 18.0 Å². The fraction of sp³-hybridized carbons (Fsp3) is 0.444. The Morgan fingerprint density at radius 1 is 1.43 bits per heavy atom. The van der Waals surface area contributed by atoms with Gasteiger partial charge in [-0.2, -0.15) is 0 Å². The number of aryl methyl sites for hydroxylation is 2. The van der Waals surface area contributed by atoms with E-state index in [0.29, 0.717) is 5.75 Å². The molecule has 5 heteroatoms. The van der Waals surface area contributed by atoms with E-state index in [1.165, 1.54) is 5.56 Å². The number of aromatic hydroxyl groups is 1. The van der Waals surface area contributed by atoms with Crippen molar-refractivity contribution in [2.45, 2.75) is 46.7 Å². The number of nitrogens with one attached hydrogen (secondary N) is 1. The number of phenols is 1. The normalized spacial score (nSPS) is 18.7. The van der Waals surface area contributed by atoms with Crippen molar-refractivity contribution in [3.63, 3.8) is 0 Å². The molecule has 0 saturated heterocycles. The molecule has 0 spiro atoms. The minimum atomic E-state index is -0.188. The fourth-order valence-corrected chi connectivity index (χ4v) is 3.56. The molecular formula is C18H23N3O2. The summed E-state index contributed by atoms with van der Waals surface area (Å²) < 4.78 is 1.74. The molecule has 0 radical (unpaired) electrons. The first kappa shape index (κ1) is 15.6. The van der Waals surface area contributed by atoms with Crippen LogP contribution in [0.15, 0.2) is 24.8 Å². The van der Waals surface area contributed by atoms with E-state index >= 15 is 0 Å². The Bertz CT molecular complexity index is 748. The van der Waals surface area contributed by atoms with Gasteiger partial charge in [-0.1, -0.05) is 19.9 Å². The van der Waals surface area contributed by atoms with Crippen molar-refractivity contribution < 1.29 is 9.90 Å². The third kappa shape index (κ3) is 2.71. The van der Waals surface area contributed by atoms with Gasteiger partial charge in [0.15, 0.2) is 0 Å². The van der Waals surface area contributed by atoms with Crippen LogP contribution in [0.5, 0.6) is 5.75 Å². The van der Waals surface area contributed by atoms with Gasteiger partial charge in [0.1, 0.15) is 12.3 Å². The molecule has 1 aromatic heterocycles. The number of phenolic OH excluding ortho intramolecular Hbond substituents is 1. The summed E-state index contributed by atoms with van der Waals surface area (Å²) in [5.74, 6) is 0.233. The topological polar surface area (TPSA) is 67.2 Å². The van der Waals surface area contributed by atoms with E-state index in [-0.39, 0.29) is 23.9 Å². The SMILES string of the molecule is Cc1cc(C)c2c(c1O)C(NC(=O)Cn1ccnc1)C(C)(C)C2. The van der Waals surface area contributed by atoms with Crippen LogP contribution in [-0.4, -0.2) is 20.6 Å². The largest absolute Gasteiger partial charge is 0.507 e. The summed E-state index contributed by atoms with van der Waals surface area (Å²) in [6.07, 6.45) is 5.89. The number of fused-ring (bicyclic) bond motifs is 1. The molecule has 5 nitrogen and oxygen atoms in total. The van der Waals surface area contributed by atoms with Crippen molar-refractivity contribution in [1.82, 2.24) is 14.9 Å². The molecule has 0 saturated carbocycles. The highest BCUT2D eigenvalue weighted by Crippen LogP contribution is 2.50. The Labute approximate surface area is 136 Å². The zero-order chi connectivity index (χ0) is 16.8. The average molecular weight is 313 g/mol. The zero-order valence-corrected chi connectivity index (χ0v) is 14.1. The van der Waals surface area contributed by atoms with Crippen LogP contribution in [0.1, 0.15) is 42.1 Å². The van der Waals surface area contributed by atoms with E-state index in [9.17, 15) is 9.90 Å². The first-order valence-corrected chi connectivity index (χ1v) is 7.86. The maximum Gasteiger partial charge on any atom is 0.240 e. The minimum absolute atomic E-state index is 0.0764. The molecular weight excluding hydrogens is 290 g/mol. The van der Waals surface area contributed by atoms with Crippen molar-refractivity contribution in [2.24, 2.45) is 5.41 Å². The van der Waals surface area contributed by atoms with Crippen LogP contribution in [0.2, 0.25) is 0 Å². The Morgan fingerprint density at radius 2 is 2.17 bits per heavy atom. The molecule has 2 aromatic rings. The maximum atomic E-state index is 12.4. The van der Waals surface area contributed by atoms with Crippen LogP contribution in [0, 0.1) is 19.3 Å². The van der Waals surface area contributed by atoms with E-state index in [1.54, 1.807) is 23.3 Å². The molecule has 23 heavy (non-hydrogen) atoms. The number of hydrogen-bond acceptors (Lipinski definition) is 3. The highest BCUT2D eigenvalue weighted by atomic mass is 16.3. The van der Waals surface area contributed by atoms with E-state index < -0.39 is 0 Å². The highest BCUT2D eigenvalue weighted by molar-refractivity contribution is 5.77. The molecule has 1 aliphatic rings. The molecule has 1 aromatic carbocycles. The molecule has 1 amide bonds. The minimum Gasteiger partial charge on any atom is -0.507 e. The van der Waals surface area contributed by atoms with Crippen molar-refractivity contribution in [2.75, 3.05) is 0 Å². The summed E-state index contributed by atoms with van der Waals surface area (Å²) >= 11 is 0. The highest BCUT2D eigenvalue weighted by Gasteiger charge is 2.42. The smallest absolute Gasteiger partial charge is 0.240 e. The van der Waals surface area contributed by atoms with Gasteiger partial charge in [0.2, 0.25) is 5.91 Å². The Morgan fingerprint density at radius 3 is 2.83 bits per heavy atom. The first-order chi connectivity index (χ1) is 10.8. The van der Waals surface area contributed by atoms with E-state index in [4.69, 9.17) is 0 Å². The summed E-state index contributed by atoms with van der Waals surface area (Å²) in [6, 6.07) is 1.83. The van der Waals surface area contributed by atoms with E-state index in [0.717, 1.165) is 23.1 Å². The molecule has 1 unspecified atom stereocenters. The monoisotopic (exact) mass is 313 g/mol. The molecule has 1 aliphatic carbocycles. The van der Waals surface area contributed by atoms with Gasteiger partial charge in [0.25, 0.3) is 0 Å². The van der Waals surface area contributed by atoms with Crippen molar-refractivity contribution in [3.8, 4) is 5.75 Å². The lowest BCUT2D eigenvalue weighted by molar-refractivity contribution is -0.123. The second kappa shape index (κ2) is 5.41. The van der Waals surface area contributed by atoms with Gasteiger partial charge in [-0.15, -0.1) is 0 Å². The van der Waals surface area contributed by atoms with Gasteiger partial charge >= 0.3 is 0 Å². The van der Waals surface area contributed by atoms with Crippen LogP contribution in [0.25, 0.3) is 0 Å². The van der Waals surface area contributed by atoms with Crippen LogP contribution >= 0.6 is 0 Å². The molecule has 1 heterocycles. The number of hydrogen-bond donors (Lipinski definition) is 2. The second-order valence-corrected chi connectivity index (χ2v) is 7.15. The Kier molecular flexibility index (Phi) is 3.66. The lowest BCUT2D eigenvalue weighted by atomic mass is 9.85. The lowest BCUT2D eigenvalue weighted by Gasteiger charge is -2.29. The van der Waals surface area contributed by atoms with Crippen LogP contribution < -0.4 is 5.32 Å². The predicted octanol–water partition coefficient (Wildman–Crippen LogP) is 2.65. The standard InChI is InChI=1S/C18H23N3O2/c1-11-7-12(2)16(23)15-13(11)8-18(3,4)17(15)20-14(22)9-21-6-5-19-10-21/h5-7,10,17,23H,8-9H2,1-4H3,(H,20,22). The third-order valence-corrected chi connectivity index (χ3v) is 4.76. The summed E-state index contributed by atoms with van der Waals surface area (Å²) in [6.45, 7) is 8.45. The van der Waals surface area contributed by atoms with Crippen LogP contribution in [0.3, 0.4) is 0 Å². The number of nitrogens with zero attached hydrogens (tertiary/aromatic N) is 2. The molecule has 122 valence electrons. The van der Waals surface area contributed by atoms with Gasteiger partial charge in [-0.25, -0.2) is 4.98 Å². The van der Waals surface area contributed by atoms with E-state index in [2.05, 4.69) is 31.1 Å². The number of benzene rings is 1. The third-order valence-electron chi connectivity index (χ3n) is 4.76. The van der Waals surface area contributed by atoms with Crippen molar-refractivity contribution in [3.05, 3.63) is 47.0 Å². The zero-order valence-electron chi connectivity index (χ0n) is 14.1. The predicted molar refractivity (Wildman–Crippen MR) is 88.2 cm³/mol. The van der Waals surface area contributed by atoms with Gasteiger partial charge < -0.3 is 15.0 Å². The molecule has 3 rings (SSSR count). The summed E-state index contributed by atoms with van der Waals surface area (Å²) in [7, 11) is 0. The molecule has 1 atom stereocenters. The maximum absolute atomic E-state index is 12.4. The van der Waals surface area contributed by atoms with E-state index in [1.807, 2.05) is 13.0 Å². The number of rotatable bonds is 3. The number of imidazole rings is 1. The van der Waals surface area contributed by atoms with Crippen LogP contribution in [0.4, 0.5) is 0 Å². The number of carbonyl (C=O) groups is 1. The summed E-state index contributed by atoms with van der Waals surface area (Å²) in [5, 5.41) is 13.7. The first-order valence-electron chi connectivity index (χ1n) is 7.86. The lowest BCUT2D eigenvalue weighted by Crippen LogP contribution is -2.37. The number of aromatic nitrogens is 2. The fourth-order valence-electron chi connectivity index (χ4n) is 3.56.